The summed E-state index contributed by atoms with van der Waals surface area (Å²) < 4.78 is 6.25. The zero-order valence-electron chi connectivity index (χ0n) is 9.89. The molecule has 0 saturated heterocycles. The van der Waals surface area contributed by atoms with Crippen LogP contribution in [0.5, 0.6) is 5.88 Å². The van der Waals surface area contributed by atoms with Crippen molar-refractivity contribution < 1.29 is 4.74 Å². The normalized spacial score (nSPS) is 42.9. The van der Waals surface area contributed by atoms with E-state index in [4.69, 9.17) is 10.5 Å². The van der Waals surface area contributed by atoms with Gasteiger partial charge in [0.1, 0.15) is 5.60 Å². The number of rotatable bonds is 2. The van der Waals surface area contributed by atoms with Crippen LogP contribution in [-0.2, 0) is 0 Å². The standard InChI is InChI=1S/C13H18N2OS/c14-12-15-11(7-17-12)16-13-4-8-1-9(5-13)3-10(2-8)6-13/h7-10H,1-6H2,(H2,14,15). The molecule has 5 rings (SSSR count). The van der Waals surface area contributed by atoms with E-state index in [9.17, 15) is 0 Å². The molecule has 4 fully saturated rings. The molecule has 17 heavy (non-hydrogen) atoms. The van der Waals surface area contributed by atoms with Crippen molar-refractivity contribution in [3.05, 3.63) is 5.38 Å². The average molecular weight is 250 g/mol. The molecular weight excluding hydrogens is 232 g/mol. The van der Waals surface area contributed by atoms with Crippen molar-refractivity contribution in [2.75, 3.05) is 5.73 Å². The number of thiazole rings is 1. The number of hydrogen-bond acceptors (Lipinski definition) is 4. The first kappa shape index (κ1) is 10.2. The molecule has 0 atom stereocenters. The Hall–Kier alpha value is -0.770. The van der Waals surface area contributed by atoms with Crippen molar-refractivity contribution in [3.63, 3.8) is 0 Å². The molecule has 1 aromatic heterocycles. The molecule has 0 spiro atoms. The van der Waals surface area contributed by atoms with Crippen LogP contribution in [0.1, 0.15) is 38.5 Å². The topological polar surface area (TPSA) is 48.1 Å². The third kappa shape index (κ3) is 1.65. The molecule has 2 N–H and O–H groups in total. The third-order valence-electron chi connectivity index (χ3n) is 4.80. The largest absolute Gasteiger partial charge is 0.470 e. The number of aromatic nitrogens is 1. The first-order chi connectivity index (χ1) is 8.21. The van der Waals surface area contributed by atoms with Crippen LogP contribution in [0.3, 0.4) is 0 Å². The van der Waals surface area contributed by atoms with Gasteiger partial charge in [0.15, 0.2) is 5.13 Å². The lowest BCUT2D eigenvalue weighted by Crippen LogP contribution is -2.53. The molecule has 1 aromatic rings. The van der Waals surface area contributed by atoms with E-state index in [0.29, 0.717) is 5.13 Å². The van der Waals surface area contributed by atoms with Crippen molar-refractivity contribution in [1.29, 1.82) is 0 Å². The molecule has 4 heteroatoms. The quantitative estimate of drug-likeness (QED) is 0.877. The minimum atomic E-state index is 0.106. The van der Waals surface area contributed by atoms with Crippen LogP contribution in [0.4, 0.5) is 5.13 Å². The molecule has 4 saturated carbocycles. The van der Waals surface area contributed by atoms with Gasteiger partial charge in [-0.25, -0.2) is 0 Å². The van der Waals surface area contributed by atoms with Gasteiger partial charge in [0, 0.05) is 0 Å². The lowest BCUT2D eigenvalue weighted by atomic mass is 9.54. The van der Waals surface area contributed by atoms with E-state index >= 15 is 0 Å². The highest BCUT2D eigenvalue weighted by molar-refractivity contribution is 7.13. The second-order valence-electron chi connectivity index (χ2n) is 6.23. The molecule has 0 radical (unpaired) electrons. The number of anilines is 1. The molecule has 0 amide bonds. The average Bonchev–Trinajstić information content (AvgIpc) is 2.60. The summed E-state index contributed by atoms with van der Waals surface area (Å²) in [6.45, 7) is 0. The lowest BCUT2D eigenvalue weighted by Gasteiger charge is -2.55. The van der Waals surface area contributed by atoms with Crippen LogP contribution in [0.15, 0.2) is 5.38 Å². The van der Waals surface area contributed by atoms with Gasteiger partial charge in [-0.15, -0.1) is 11.3 Å². The second-order valence-corrected chi connectivity index (χ2v) is 7.12. The smallest absolute Gasteiger partial charge is 0.226 e. The Morgan fingerprint density at radius 2 is 1.76 bits per heavy atom. The van der Waals surface area contributed by atoms with Gasteiger partial charge < -0.3 is 10.5 Å². The predicted molar refractivity (Wildman–Crippen MR) is 68.1 cm³/mol. The molecule has 3 nitrogen and oxygen atoms in total. The molecule has 1 heterocycles. The Bertz CT molecular complexity index is 407. The van der Waals surface area contributed by atoms with Crippen LogP contribution >= 0.6 is 11.3 Å². The first-order valence-electron chi connectivity index (χ1n) is 6.61. The second kappa shape index (κ2) is 3.37. The molecule has 4 aliphatic carbocycles. The SMILES string of the molecule is Nc1nc(OC23CC4CC(CC(C4)C2)C3)cs1. The minimum Gasteiger partial charge on any atom is -0.470 e. The lowest BCUT2D eigenvalue weighted by molar-refractivity contribution is -0.109. The maximum absolute atomic E-state index is 6.25. The van der Waals surface area contributed by atoms with Crippen molar-refractivity contribution in [2.45, 2.75) is 44.1 Å². The molecule has 4 aliphatic rings. The Kier molecular flexibility index (Phi) is 2.02. The monoisotopic (exact) mass is 250 g/mol. The van der Waals surface area contributed by atoms with E-state index < -0.39 is 0 Å². The fourth-order valence-corrected chi connectivity index (χ4v) is 5.16. The highest BCUT2D eigenvalue weighted by Crippen LogP contribution is 2.57. The van der Waals surface area contributed by atoms with Crippen LogP contribution in [-0.4, -0.2) is 10.6 Å². The van der Waals surface area contributed by atoms with E-state index in [1.54, 1.807) is 0 Å². The fourth-order valence-electron chi connectivity index (χ4n) is 4.70. The predicted octanol–water partition coefficient (Wildman–Crippen LogP) is 3.07. The summed E-state index contributed by atoms with van der Waals surface area (Å²) in [4.78, 5) is 4.26. The van der Waals surface area contributed by atoms with Crippen LogP contribution < -0.4 is 10.5 Å². The maximum Gasteiger partial charge on any atom is 0.226 e. The highest BCUT2D eigenvalue weighted by Gasteiger charge is 2.52. The number of nitrogens with zero attached hydrogens (tertiary/aromatic N) is 1. The molecule has 0 unspecified atom stereocenters. The number of nitrogen functional groups attached to an aromatic ring is 1. The summed E-state index contributed by atoms with van der Waals surface area (Å²) in [7, 11) is 0. The summed E-state index contributed by atoms with van der Waals surface area (Å²) in [5.41, 5.74) is 5.78. The van der Waals surface area contributed by atoms with Crippen LogP contribution in [0.2, 0.25) is 0 Å². The Morgan fingerprint density at radius 3 is 2.24 bits per heavy atom. The van der Waals surface area contributed by atoms with E-state index in [-0.39, 0.29) is 5.60 Å². The van der Waals surface area contributed by atoms with E-state index in [2.05, 4.69) is 4.98 Å². The first-order valence-corrected chi connectivity index (χ1v) is 7.49. The molecule has 92 valence electrons. The van der Waals surface area contributed by atoms with Gasteiger partial charge in [0.2, 0.25) is 5.88 Å². The molecule has 0 aromatic carbocycles. The zero-order chi connectivity index (χ0) is 11.5. The molecule has 4 bridgehead atoms. The van der Waals surface area contributed by atoms with E-state index in [1.165, 1.54) is 49.9 Å². The van der Waals surface area contributed by atoms with Gasteiger partial charge in [-0.05, 0) is 56.3 Å². The van der Waals surface area contributed by atoms with Gasteiger partial charge >= 0.3 is 0 Å². The summed E-state index contributed by atoms with van der Waals surface area (Å²) in [6, 6.07) is 0. The number of hydrogen-bond donors (Lipinski definition) is 1. The Labute approximate surface area is 105 Å². The number of nitrogens with two attached hydrogens (primary N) is 1. The summed E-state index contributed by atoms with van der Waals surface area (Å²) in [5.74, 6) is 3.50. The van der Waals surface area contributed by atoms with Crippen molar-refractivity contribution in [3.8, 4) is 5.88 Å². The van der Waals surface area contributed by atoms with Crippen molar-refractivity contribution >= 4 is 16.5 Å². The summed E-state index contributed by atoms with van der Waals surface area (Å²) in [5, 5.41) is 2.57. The van der Waals surface area contributed by atoms with E-state index in [1.807, 2.05) is 5.38 Å². The van der Waals surface area contributed by atoms with Gasteiger partial charge in [0.25, 0.3) is 0 Å². The minimum absolute atomic E-state index is 0.106. The summed E-state index contributed by atoms with van der Waals surface area (Å²) >= 11 is 1.47. The Balaban J connectivity index is 1.60. The number of ether oxygens (including phenoxy) is 1. The van der Waals surface area contributed by atoms with Crippen LogP contribution in [0.25, 0.3) is 0 Å². The third-order valence-corrected chi connectivity index (χ3v) is 5.46. The van der Waals surface area contributed by atoms with E-state index in [0.717, 1.165) is 23.6 Å². The van der Waals surface area contributed by atoms with Gasteiger partial charge in [-0.1, -0.05) is 0 Å². The summed E-state index contributed by atoms with van der Waals surface area (Å²) in [6.07, 6.45) is 8.08. The van der Waals surface area contributed by atoms with Gasteiger partial charge in [-0.3, -0.25) is 0 Å². The van der Waals surface area contributed by atoms with Crippen LogP contribution in [0, 0.1) is 17.8 Å². The maximum atomic E-state index is 6.25. The molecular formula is C13H18N2OS. The molecule has 0 aliphatic heterocycles. The Morgan fingerprint density at radius 1 is 1.18 bits per heavy atom. The van der Waals surface area contributed by atoms with Crippen molar-refractivity contribution in [1.82, 2.24) is 4.98 Å². The fraction of sp³-hybridized carbons (Fsp3) is 0.769. The van der Waals surface area contributed by atoms with Crippen molar-refractivity contribution in [2.24, 2.45) is 17.8 Å². The van der Waals surface area contributed by atoms with Gasteiger partial charge in [0.05, 0.1) is 5.38 Å². The highest BCUT2D eigenvalue weighted by atomic mass is 32.1. The zero-order valence-corrected chi connectivity index (χ0v) is 10.7. The van der Waals surface area contributed by atoms with Gasteiger partial charge in [-0.2, -0.15) is 4.98 Å².